The zero-order chi connectivity index (χ0) is 31.4. The van der Waals surface area contributed by atoms with Crippen LogP contribution in [0.2, 0.25) is 0 Å². The molecule has 0 fully saturated rings. The summed E-state index contributed by atoms with van der Waals surface area (Å²) in [6.45, 7) is 9.02. The van der Waals surface area contributed by atoms with Crippen LogP contribution >= 0.6 is 0 Å². The Morgan fingerprint density at radius 3 is 2.33 bits per heavy atom. The molecule has 6 rings (SSSR count). The van der Waals surface area contributed by atoms with Crippen molar-refractivity contribution in [3.63, 3.8) is 0 Å². The van der Waals surface area contributed by atoms with E-state index in [9.17, 15) is 4.79 Å². The van der Waals surface area contributed by atoms with E-state index in [0.717, 1.165) is 62.1 Å². The van der Waals surface area contributed by atoms with E-state index < -0.39 is 11.7 Å². The number of pyridine rings is 2. The van der Waals surface area contributed by atoms with Crippen molar-refractivity contribution in [2.45, 2.75) is 52.9 Å². The van der Waals surface area contributed by atoms with Crippen LogP contribution in [0.15, 0.2) is 91.4 Å². The number of nitrogens with zero attached hydrogens (tertiary/aromatic N) is 5. The lowest BCUT2D eigenvalue weighted by Crippen LogP contribution is -2.32. The van der Waals surface area contributed by atoms with Gasteiger partial charge in [0.1, 0.15) is 17.8 Å². The fourth-order valence-electron chi connectivity index (χ4n) is 5.21. The number of imidazole rings is 1. The third-order valence-corrected chi connectivity index (χ3v) is 7.20. The quantitative estimate of drug-likeness (QED) is 0.174. The second kappa shape index (κ2) is 12.7. The summed E-state index contributed by atoms with van der Waals surface area (Å²) < 4.78 is 7.17. The van der Waals surface area contributed by atoms with Gasteiger partial charge in [-0.05, 0) is 74.2 Å². The number of aromatic amines is 1. The zero-order valence-corrected chi connectivity index (χ0v) is 25.8. The van der Waals surface area contributed by atoms with Crippen LogP contribution in [0.5, 0.6) is 0 Å². The average molecular weight is 601 g/mol. The first kappa shape index (κ1) is 29.7. The van der Waals surface area contributed by atoms with Crippen LogP contribution in [0.1, 0.15) is 43.4 Å². The second-order valence-electron chi connectivity index (χ2n) is 11.8. The first-order valence-corrected chi connectivity index (χ1v) is 14.9. The summed E-state index contributed by atoms with van der Waals surface area (Å²) in [5, 5.41) is 10.8. The SMILES string of the molecule is Cc1cccc(-c2[nH]c(CNCc3ccccc3-c3ccccc3CNC(=O)OC(C)(C)C)nc2-c2ccc3ncnn3c2)n1. The molecule has 228 valence electrons. The molecule has 0 atom stereocenters. The van der Waals surface area contributed by atoms with Crippen molar-refractivity contribution in [1.82, 2.24) is 40.2 Å². The number of fused-ring (bicyclic) bond motifs is 1. The van der Waals surface area contributed by atoms with E-state index >= 15 is 0 Å². The smallest absolute Gasteiger partial charge is 0.407 e. The number of hydrogen-bond donors (Lipinski definition) is 3. The topological polar surface area (TPSA) is 122 Å². The Bertz CT molecular complexity index is 1950. The van der Waals surface area contributed by atoms with Crippen molar-refractivity contribution in [1.29, 1.82) is 0 Å². The number of H-pyrrole nitrogens is 1. The third-order valence-electron chi connectivity index (χ3n) is 7.20. The minimum atomic E-state index is -0.557. The molecule has 0 bridgehead atoms. The average Bonchev–Trinajstić information content (AvgIpc) is 3.67. The molecule has 0 unspecified atom stereocenters. The fourth-order valence-corrected chi connectivity index (χ4v) is 5.21. The van der Waals surface area contributed by atoms with E-state index in [2.05, 4.69) is 43.9 Å². The van der Waals surface area contributed by atoms with Crippen molar-refractivity contribution >= 4 is 11.7 Å². The van der Waals surface area contributed by atoms with E-state index in [0.29, 0.717) is 19.6 Å². The molecule has 1 amide bonds. The van der Waals surface area contributed by atoms with Crippen LogP contribution in [0.25, 0.3) is 39.4 Å². The Morgan fingerprint density at radius 1 is 0.867 bits per heavy atom. The summed E-state index contributed by atoms with van der Waals surface area (Å²) in [6.07, 6.45) is 3.03. The highest BCUT2D eigenvalue weighted by Crippen LogP contribution is 2.30. The summed E-state index contributed by atoms with van der Waals surface area (Å²) in [5.41, 5.74) is 8.82. The lowest BCUT2D eigenvalue weighted by Gasteiger charge is -2.20. The maximum atomic E-state index is 12.3. The summed E-state index contributed by atoms with van der Waals surface area (Å²) in [5.74, 6) is 0.793. The number of amides is 1. The molecular weight excluding hydrogens is 564 g/mol. The fraction of sp³-hybridized carbons (Fsp3) is 0.229. The maximum Gasteiger partial charge on any atom is 0.407 e. The number of aromatic nitrogens is 6. The first-order valence-electron chi connectivity index (χ1n) is 14.9. The predicted octanol–water partition coefficient (Wildman–Crippen LogP) is 6.47. The van der Waals surface area contributed by atoms with Crippen molar-refractivity contribution < 1.29 is 9.53 Å². The molecular formula is C35H36N8O2. The van der Waals surface area contributed by atoms with Gasteiger partial charge in [-0.3, -0.25) is 4.98 Å². The van der Waals surface area contributed by atoms with Crippen LogP contribution in [0.3, 0.4) is 0 Å². The molecule has 3 N–H and O–H groups in total. The van der Waals surface area contributed by atoms with Gasteiger partial charge in [0.2, 0.25) is 0 Å². The summed E-state index contributed by atoms with van der Waals surface area (Å²) >= 11 is 0. The van der Waals surface area contributed by atoms with Crippen molar-refractivity contribution in [3.05, 3.63) is 114 Å². The van der Waals surface area contributed by atoms with Gasteiger partial charge in [-0.25, -0.2) is 19.3 Å². The van der Waals surface area contributed by atoms with Gasteiger partial charge in [0.25, 0.3) is 0 Å². The van der Waals surface area contributed by atoms with Crippen molar-refractivity contribution in [3.8, 4) is 33.8 Å². The minimum Gasteiger partial charge on any atom is -0.444 e. The number of nitrogens with one attached hydrogen (secondary N) is 3. The largest absolute Gasteiger partial charge is 0.444 e. The molecule has 4 aromatic heterocycles. The van der Waals surface area contributed by atoms with Gasteiger partial charge >= 0.3 is 6.09 Å². The van der Waals surface area contributed by atoms with Crippen LogP contribution in [-0.2, 0) is 24.4 Å². The van der Waals surface area contributed by atoms with Gasteiger partial charge in [-0.2, -0.15) is 5.10 Å². The predicted molar refractivity (Wildman–Crippen MR) is 174 cm³/mol. The Balaban J connectivity index is 1.22. The van der Waals surface area contributed by atoms with E-state index in [1.165, 1.54) is 6.33 Å². The Hall–Kier alpha value is -5.35. The molecule has 0 aliphatic carbocycles. The van der Waals surface area contributed by atoms with Crippen LogP contribution in [-0.4, -0.2) is 41.2 Å². The highest BCUT2D eigenvalue weighted by atomic mass is 16.6. The third kappa shape index (κ3) is 7.08. The normalized spacial score (nSPS) is 11.6. The van der Waals surface area contributed by atoms with Gasteiger partial charge in [-0.15, -0.1) is 0 Å². The molecule has 10 heteroatoms. The number of hydrogen-bond acceptors (Lipinski definition) is 7. The highest BCUT2D eigenvalue weighted by molar-refractivity contribution is 5.77. The second-order valence-corrected chi connectivity index (χ2v) is 11.8. The molecule has 0 spiro atoms. The Labute approximate surface area is 261 Å². The number of carbonyl (C=O) groups is 1. The Kier molecular flexibility index (Phi) is 8.39. The molecule has 0 radical (unpaired) electrons. The summed E-state index contributed by atoms with van der Waals surface area (Å²) in [6, 6.07) is 26.3. The molecule has 0 saturated heterocycles. The minimum absolute atomic E-state index is 0.359. The lowest BCUT2D eigenvalue weighted by molar-refractivity contribution is 0.0523. The summed E-state index contributed by atoms with van der Waals surface area (Å²) in [4.78, 5) is 29.9. The number of rotatable bonds is 9. The zero-order valence-electron chi connectivity index (χ0n) is 25.8. The van der Waals surface area contributed by atoms with Crippen molar-refractivity contribution in [2.75, 3.05) is 0 Å². The standard InChI is InChI=1S/C35H36N8O2/c1-23-10-9-15-29(40-23)33-32(26-16-17-31-38-22-39-43(31)21-26)41-30(42-33)20-36-18-24-11-5-7-13-27(24)28-14-8-6-12-25(28)19-37-34(44)45-35(2,3)4/h5-17,21-22,36H,18-20H2,1-4H3,(H,37,44)(H,41,42). The number of carbonyl (C=O) groups excluding carboxylic acids is 1. The highest BCUT2D eigenvalue weighted by Gasteiger charge is 2.18. The number of alkyl carbamates (subject to hydrolysis) is 1. The van der Waals surface area contributed by atoms with Gasteiger partial charge < -0.3 is 20.4 Å². The molecule has 6 aromatic rings. The van der Waals surface area contributed by atoms with Gasteiger partial charge in [0, 0.05) is 30.5 Å². The van der Waals surface area contributed by atoms with Gasteiger partial charge in [0.05, 0.1) is 23.6 Å². The van der Waals surface area contributed by atoms with E-state index in [4.69, 9.17) is 14.7 Å². The number of aryl methyl sites for hydroxylation is 1. The van der Waals surface area contributed by atoms with E-state index in [-0.39, 0.29) is 0 Å². The van der Waals surface area contributed by atoms with Gasteiger partial charge in [-0.1, -0.05) is 54.6 Å². The lowest BCUT2D eigenvalue weighted by atomic mass is 9.95. The molecule has 0 saturated carbocycles. The molecule has 10 nitrogen and oxygen atoms in total. The van der Waals surface area contributed by atoms with Gasteiger partial charge in [0.15, 0.2) is 5.65 Å². The van der Waals surface area contributed by atoms with E-state index in [1.807, 2.05) is 94.6 Å². The number of benzene rings is 2. The first-order chi connectivity index (χ1) is 21.7. The van der Waals surface area contributed by atoms with Crippen LogP contribution < -0.4 is 10.6 Å². The number of ether oxygens (including phenoxy) is 1. The van der Waals surface area contributed by atoms with Crippen LogP contribution in [0, 0.1) is 6.92 Å². The molecule has 0 aliphatic heterocycles. The van der Waals surface area contributed by atoms with Crippen molar-refractivity contribution in [2.24, 2.45) is 0 Å². The Morgan fingerprint density at radius 2 is 1.60 bits per heavy atom. The molecule has 4 heterocycles. The molecule has 0 aliphatic rings. The molecule has 45 heavy (non-hydrogen) atoms. The maximum absolute atomic E-state index is 12.3. The summed E-state index contributed by atoms with van der Waals surface area (Å²) in [7, 11) is 0. The van der Waals surface area contributed by atoms with E-state index in [1.54, 1.807) is 4.52 Å². The monoisotopic (exact) mass is 600 g/mol. The van der Waals surface area contributed by atoms with Crippen LogP contribution in [0.4, 0.5) is 4.79 Å². The molecule has 2 aromatic carbocycles.